The molecular formula is C10H14ClNO. The molecule has 1 aromatic rings. The quantitative estimate of drug-likeness (QED) is 0.806. The molecule has 1 aromatic carbocycles. The maximum absolute atomic E-state index is 8.78. The highest BCUT2D eigenvalue weighted by molar-refractivity contribution is 6.30. The number of aryl methyl sites for hydroxylation is 1. The first-order valence-electron chi connectivity index (χ1n) is 4.23. The van der Waals surface area contributed by atoms with Gasteiger partial charge in [0, 0.05) is 24.3 Å². The van der Waals surface area contributed by atoms with Crippen LogP contribution < -0.4 is 4.90 Å². The lowest BCUT2D eigenvalue weighted by atomic mass is 10.2. The molecule has 0 aliphatic rings. The van der Waals surface area contributed by atoms with E-state index in [1.54, 1.807) is 0 Å². The monoisotopic (exact) mass is 199 g/mol. The summed E-state index contributed by atoms with van der Waals surface area (Å²) in [5, 5.41) is 9.52. The number of rotatable bonds is 3. The van der Waals surface area contributed by atoms with Gasteiger partial charge in [-0.05, 0) is 30.7 Å². The van der Waals surface area contributed by atoms with Crippen LogP contribution in [0.15, 0.2) is 18.2 Å². The van der Waals surface area contributed by atoms with Gasteiger partial charge in [0.25, 0.3) is 0 Å². The molecule has 1 N–H and O–H groups in total. The Labute approximate surface area is 83.7 Å². The second-order valence-electron chi connectivity index (χ2n) is 3.08. The van der Waals surface area contributed by atoms with Crippen molar-refractivity contribution >= 4 is 17.3 Å². The zero-order valence-corrected chi connectivity index (χ0v) is 8.67. The first-order valence-corrected chi connectivity index (χ1v) is 4.61. The summed E-state index contributed by atoms with van der Waals surface area (Å²) < 4.78 is 0. The van der Waals surface area contributed by atoms with Crippen LogP contribution in [-0.2, 0) is 0 Å². The zero-order chi connectivity index (χ0) is 9.84. The van der Waals surface area contributed by atoms with Gasteiger partial charge >= 0.3 is 0 Å². The maximum atomic E-state index is 8.78. The number of likely N-dealkylation sites (N-methyl/N-ethyl adjacent to an activating group) is 1. The SMILES string of the molecule is Cc1cc(Cl)ccc1N(C)CCO. The number of aliphatic hydroxyl groups excluding tert-OH is 1. The Balaban J connectivity index is 2.88. The minimum absolute atomic E-state index is 0.165. The summed E-state index contributed by atoms with van der Waals surface area (Å²) in [5.41, 5.74) is 2.24. The average molecular weight is 200 g/mol. The molecule has 0 spiro atoms. The van der Waals surface area contributed by atoms with Crippen LogP contribution in [0.25, 0.3) is 0 Å². The van der Waals surface area contributed by atoms with Crippen LogP contribution in [0.4, 0.5) is 5.69 Å². The fourth-order valence-electron chi connectivity index (χ4n) is 1.32. The van der Waals surface area contributed by atoms with Gasteiger partial charge in [0.2, 0.25) is 0 Å². The highest BCUT2D eigenvalue weighted by Gasteiger charge is 2.03. The zero-order valence-electron chi connectivity index (χ0n) is 7.92. The Morgan fingerprint density at radius 2 is 2.15 bits per heavy atom. The van der Waals surface area contributed by atoms with Gasteiger partial charge in [-0.15, -0.1) is 0 Å². The maximum Gasteiger partial charge on any atom is 0.0606 e. The minimum atomic E-state index is 0.165. The second kappa shape index (κ2) is 4.49. The highest BCUT2D eigenvalue weighted by Crippen LogP contribution is 2.22. The van der Waals surface area contributed by atoms with Crippen molar-refractivity contribution in [1.82, 2.24) is 0 Å². The molecule has 3 heteroatoms. The summed E-state index contributed by atoms with van der Waals surface area (Å²) in [6.07, 6.45) is 0. The van der Waals surface area contributed by atoms with E-state index in [-0.39, 0.29) is 6.61 Å². The molecule has 13 heavy (non-hydrogen) atoms. The van der Waals surface area contributed by atoms with E-state index >= 15 is 0 Å². The van der Waals surface area contributed by atoms with Crippen LogP contribution in [-0.4, -0.2) is 25.3 Å². The summed E-state index contributed by atoms with van der Waals surface area (Å²) in [5.74, 6) is 0. The first kappa shape index (κ1) is 10.4. The first-order chi connectivity index (χ1) is 6.15. The molecule has 0 aliphatic heterocycles. The van der Waals surface area contributed by atoms with Crippen molar-refractivity contribution in [2.24, 2.45) is 0 Å². The molecule has 0 amide bonds. The van der Waals surface area contributed by atoms with E-state index in [2.05, 4.69) is 0 Å². The lowest BCUT2D eigenvalue weighted by Gasteiger charge is -2.20. The Hall–Kier alpha value is -0.730. The van der Waals surface area contributed by atoms with Crippen molar-refractivity contribution < 1.29 is 5.11 Å². The Morgan fingerprint density at radius 3 is 2.69 bits per heavy atom. The summed E-state index contributed by atoms with van der Waals surface area (Å²) in [6, 6.07) is 5.75. The van der Waals surface area contributed by atoms with Crippen LogP contribution in [0.1, 0.15) is 5.56 Å². The van der Waals surface area contributed by atoms with E-state index < -0.39 is 0 Å². The lowest BCUT2D eigenvalue weighted by Crippen LogP contribution is -2.21. The number of hydrogen-bond donors (Lipinski definition) is 1. The van der Waals surface area contributed by atoms with Crippen molar-refractivity contribution in [3.63, 3.8) is 0 Å². The number of benzene rings is 1. The largest absolute Gasteiger partial charge is 0.395 e. The number of nitrogens with zero attached hydrogens (tertiary/aromatic N) is 1. The van der Waals surface area contributed by atoms with Crippen LogP contribution in [0.3, 0.4) is 0 Å². The van der Waals surface area contributed by atoms with Crippen molar-refractivity contribution in [3.8, 4) is 0 Å². The van der Waals surface area contributed by atoms with E-state index in [0.717, 1.165) is 16.3 Å². The molecule has 0 heterocycles. The summed E-state index contributed by atoms with van der Waals surface area (Å²) in [7, 11) is 1.95. The third-order valence-corrected chi connectivity index (χ3v) is 2.24. The molecule has 0 unspecified atom stereocenters. The van der Waals surface area contributed by atoms with Gasteiger partial charge in [-0.3, -0.25) is 0 Å². The van der Waals surface area contributed by atoms with Crippen LogP contribution >= 0.6 is 11.6 Å². The van der Waals surface area contributed by atoms with E-state index in [0.29, 0.717) is 6.54 Å². The molecule has 0 fully saturated rings. The molecule has 0 aromatic heterocycles. The molecule has 0 aliphatic carbocycles. The van der Waals surface area contributed by atoms with Gasteiger partial charge < -0.3 is 10.0 Å². The molecular weight excluding hydrogens is 186 g/mol. The number of hydrogen-bond acceptors (Lipinski definition) is 2. The van der Waals surface area contributed by atoms with Gasteiger partial charge in [-0.2, -0.15) is 0 Å². The van der Waals surface area contributed by atoms with Gasteiger partial charge in [-0.1, -0.05) is 11.6 Å². The lowest BCUT2D eigenvalue weighted by molar-refractivity contribution is 0.304. The predicted molar refractivity (Wildman–Crippen MR) is 56.5 cm³/mol. The summed E-state index contributed by atoms with van der Waals surface area (Å²) >= 11 is 5.83. The van der Waals surface area contributed by atoms with Gasteiger partial charge in [0.1, 0.15) is 0 Å². The minimum Gasteiger partial charge on any atom is -0.395 e. The van der Waals surface area contributed by atoms with Crippen LogP contribution in [0, 0.1) is 6.92 Å². The van der Waals surface area contributed by atoms with Gasteiger partial charge in [0.15, 0.2) is 0 Å². The summed E-state index contributed by atoms with van der Waals surface area (Å²) in [6.45, 7) is 2.82. The van der Waals surface area contributed by atoms with Crippen LogP contribution in [0.2, 0.25) is 5.02 Å². The summed E-state index contributed by atoms with van der Waals surface area (Å²) in [4.78, 5) is 2.01. The Morgan fingerprint density at radius 1 is 1.46 bits per heavy atom. The van der Waals surface area contributed by atoms with E-state index in [1.807, 2.05) is 37.1 Å². The standard InChI is InChI=1S/C10H14ClNO/c1-8-7-9(11)3-4-10(8)12(2)5-6-13/h3-4,7,13H,5-6H2,1-2H3. The van der Waals surface area contributed by atoms with Crippen molar-refractivity contribution in [1.29, 1.82) is 0 Å². The third-order valence-electron chi connectivity index (χ3n) is 2.01. The predicted octanol–water partition coefficient (Wildman–Crippen LogP) is 2.08. The molecule has 0 saturated carbocycles. The van der Waals surface area contributed by atoms with Gasteiger partial charge in [0.05, 0.1) is 6.61 Å². The number of halogens is 1. The number of aliphatic hydroxyl groups is 1. The highest BCUT2D eigenvalue weighted by atomic mass is 35.5. The normalized spacial score (nSPS) is 10.2. The van der Waals surface area contributed by atoms with Crippen molar-refractivity contribution in [2.75, 3.05) is 25.1 Å². The van der Waals surface area contributed by atoms with Crippen molar-refractivity contribution in [3.05, 3.63) is 28.8 Å². The molecule has 1 rings (SSSR count). The molecule has 72 valence electrons. The average Bonchev–Trinajstić information content (AvgIpc) is 2.04. The third kappa shape index (κ3) is 2.61. The second-order valence-corrected chi connectivity index (χ2v) is 3.51. The number of anilines is 1. The molecule has 0 atom stereocenters. The smallest absolute Gasteiger partial charge is 0.0606 e. The molecule has 0 bridgehead atoms. The molecule has 0 saturated heterocycles. The van der Waals surface area contributed by atoms with E-state index in [4.69, 9.17) is 16.7 Å². The van der Waals surface area contributed by atoms with E-state index in [9.17, 15) is 0 Å². The molecule has 0 radical (unpaired) electrons. The van der Waals surface area contributed by atoms with Crippen LogP contribution in [0.5, 0.6) is 0 Å². The fraction of sp³-hybridized carbons (Fsp3) is 0.400. The van der Waals surface area contributed by atoms with E-state index in [1.165, 1.54) is 0 Å². The topological polar surface area (TPSA) is 23.5 Å². The fourth-order valence-corrected chi connectivity index (χ4v) is 1.54. The van der Waals surface area contributed by atoms with Crippen molar-refractivity contribution in [2.45, 2.75) is 6.92 Å². The van der Waals surface area contributed by atoms with Gasteiger partial charge in [-0.25, -0.2) is 0 Å². The molecule has 2 nitrogen and oxygen atoms in total. The Bertz CT molecular complexity index is 288. The Kier molecular flexibility index (Phi) is 3.58.